The summed E-state index contributed by atoms with van der Waals surface area (Å²) in [5.74, 6) is -0.964. The van der Waals surface area contributed by atoms with E-state index in [1.54, 1.807) is 55.1 Å². The Kier molecular flexibility index (Phi) is 7.11. The molecule has 0 fully saturated rings. The van der Waals surface area contributed by atoms with Crippen LogP contribution in [0.4, 0.5) is 5.69 Å². The summed E-state index contributed by atoms with van der Waals surface area (Å²) < 4.78 is 14.1. The average molecular weight is 472 g/mol. The summed E-state index contributed by atoms with van der Waals surface area (Å²) in [7, 11) is 1.73. The number of carbonyl (C=O) groups is 2. The number of nitrogens with one attached hydrogen (secondary N) is 1. The van der Waals surface area contributed by atoms with Crippen LogP contribution in [0.25, 0.3) is 5.69 Å². The van der Waals surface area contributed by atoms with E-state index < -0.39 is 18.5 Å². The number of hydrogen-bond donors (Lipinski definition) is 1. The van der Waals surface area contributed by atoms with E-state index in [2.05, 4.69) is 5.32 Å². The average Bonchev–Trinajstić information content (AvgIpc) is 3.10. The van der Waals surface area contributed by atoms with Crippen LogP contribution in [-0.4, -0.2) is 27.8 Å². The molecule has 0 bridgehead atoms. The maximum Gasteiger partial charge on any atom is 0.342 e. The van der Waals surface area contributed by atoms with Crippen LogP contribution in [0.15, 0.2) is 89.7 Å². The minimum Gasteiger partial charge on any atom is -0.488 e. The molecule has 0 saturated carbocycles. The third-order valence-corrected chi connectivity index (χ3v) is 5.50. The van der Waals surface area contributed by atoms with Gasteiger partial charge in [-0.1, -0.05) is 60.7 Å². The van der Waals surface area contributed by atoms with Gasteiger partial charge in [0.2, 0.25) is 0 Å². The molecule has 4 aromatic rings. The van der Waals surface area contributed by atoms with E-state index in [4.69, 9.17) is 9.47 Å². The zero-order valence-electron chi connectivity index (χ0n) is 19.4. The molecule has 1 N–H and O–H groups in total. The molecule has 0 spiro atoms. The lowest BCUT2D eigenvalue weighted by atomic mass is 10.2. The van der Waals surface area contributed by atoms with Gasteiger partial charge >= 0.3 is 5.97 Å². The number of carbonyl (C=O) groups excluding carboxylic acids is 2. The molecular weight excluding hydrogens is 446 g/mol. The van der Waals surface area contributed by atoms with Gasteiger partial charge in [-0.15, -0.1) is 0 Å². The van der Waals surface area contributed by atoms with E-state index >= 15 is 0 Å². The Labute approximate surface area is 202 Å². The minimum atomic E-state index is -0.699. The molecule has 0 saturated heterocycles. The quantitative estimate of drug-likeness (QED) is 0.394. The van der Waals surface area contributed by atoms with E-state index in [-0.39, 0.29) is 23.4 Å². The number of esters is 1. The number of amides is 1. The predicted octanol–water partition coefficient (Wildman–Crippen LogP) is 3.86. The van der Waals surface area contributed by atoms with Crippen molar-refractivity contribution in [2.75, 3.05) is 11.9 Å². The normalized spacial score (nSPS) is 10.6. The van der Waals surface area contributed by atoms with Crippen molar-refractivity contribution >= 4 is 17.6 Å². The van der Waals surface area contributed by atoms with Gasteiger partial charge in [0.25, 0.3) is 11.5 Å². The van der Waals surface area contributed by atoms with Crippen molar-refractivity contribution in [3.05, 3.63) is 112 Å². The Morgan fingerprint density at radius 3 is 2.23 bits per heavy atom. The molecule has 178 valence electrons. The molecule has 8 heteroatoms. The fraction of sp³-hybridized carbons (Fsp3) is 0.148. The van der Waals surface area contributed by atoms with E-state index in [0.717, 1.165) is 5.56 Å². The first-order valence-electron chi connectivity index (χ1n) is 11.0. The van der Waals surface area contributed by atoms with Crippen molar-refractivity contribution in [2.24, 2.45) is 7.05 Å². The monoisotopic (exact) mass is 471 g/mol. The number of hydrogen-bond acceptors (Lipinski definition) is 5. The highest BCUT2D eigenvalue weighted by Gasteiger charge is 2.20. The van der Waals surface area contributed by atoms with Crippen molar-refractivity contribution in [3.63, 3.8) is 0 Å². The molecule has 0 aliphatic rings. The SMILES string of the molecule is Cc1c(NC(=O)COC(=O)c2ccccc2OCc2ccccc2)c(=O)n(-c2ccccc2)n1C. The third-order valence-electron chi connectivity index (χ3n) is 5.50. The van der Waals surface area contributed by atoms with Crippen molar-refractivity contribution in [1.82, 2.24) is 9.36 Å². The van der Waals surface area contributed by atoms with Gasteiger partial charge in [-0.2, -0.15) is 0 Å². The van der Waals surface area contributed by atoms with Gasteiger partial charge in [0.15, 0.2) is 6.61 Å². The Bertz CT molecular complexity index is 1390. The largest absolute Gasteiger partial charge is 0.488 e. The van der Waals surface area contributed by atoms with Crippen molar-refractivity contribution in [2.45, 2.75) is 13.5 Å². The van der Waals surface area contributed by atoms with Crippen molar-refractivity contribution < 1.29 is 19.1 Å². The van der Waals surface area contributed by atoms with Crippen LogP contribution in [0.2, 0.25) is 0 Å². The molecular formula is C27H25N3O5. The zero-order valence-corrected chi connectivity index (χ0v) is 19.4. The lowest BCUT2D eigenvalue weighted by Gasteiger charge is -2.11. The van der Waals surface area contributed by atoms with E-state index in [0.29, 0.717) is 17.1 Å². The number of rotatable bonds is 8. The molecule has 0 aliphatic heterocycles. The lowest BCUT2D eigenvalue weighted by molar-refractivity contribution is -0.119. The molecule has 8 nitrogen and oxygen atoms in total. The van der Waals surface area contributed by atoms with Crippen molar-refractivity contribution in [1.29, 1.82) is 0 Å². The van der Waals surface area contributed by atoms with E-state index in [1.807, 2.05) is 48.5 Å². The minimum absolute atomic E-state index is 0.129. The Balaban J connectivity index is 1.41. The van der Waals surface area contributed by atoms with Gasteiger partial charge in [0.05, 0.1) is 11.4 Å². The molecule has 0 aliphatic carbocycles. The first kappa shape index (κ1) is 23.6. The molecule has 0 atom stereocenters. The molecule has 0 radical (unpaired) electrons. The maximum absolute atomic E-state index is 12.9. The molecule has 1 heterocycles. The number of aromatic nitrogens is 2. The Morgan fingerprint density at radius 1 is 0.886 bits per heavy atom. The second-order valence-electron chi connectivity index (χ2n) is 7.83. The molecule has 1 aromatic heterocycles. The first-order valence-corrected chi connectivity index (χ1v) is 11.0. The second kappa shape index (κ2) is 10.6. The molecule has 1 amide bonds. The van der Waals surface area contributed by atoms with Gasteiger partial charge in [0, 0.05) is 7.05 Å². The van der Waals surface area contributed by atoms with Gasteiger partial charge < -0.3 is 14.8 Å². The highest BCUT2D eigenvalue weighted by atomic mass is 16.5. The smallest absolute Gasteiger partial charge is 0.342 e. The molecule has 35 heavy (non-hydrogen) atoms. The second-order valence-corrected chi connectivity index (χ2v) is 7.83. The van der Waals surface area contributed by atoms with Crippen LogP contribution in [0, 0.1) is 6.92 Å². The topological polar surface area (TPSA) is 91.6 Å². The summed E-state index contributed by atoms with van der Waals surface area (Å²) in [5.41, 5.74) is 2.15. The number of para-hydroxylation sites is 2. The zero-order chi connectivity index (χ0) is 24.8. The van der Waals surface area contributed by atoms with Crippen LogP contribution in [0.5, 0.6) is 5.75 Å². The molecule has 4 rings (SSSR count). The van der Waals surface area contributed by atoms with E-state index in [9.17, 15) is 14.4 Å². The predicted molar refractivity (Wildman–Crippen MR) is 132 cm³/mol. The van der Waals surface area contributed by atoms with Crippen LogP contribution >= 0.6 is 0 Å². The van der Waals surface area contributed by atoms with Gasteiger partial charge in [-0.25, -0.2) is 9.48 Å². The van der Waals surface area contributed by atoms with Crippen LogP contribution in [0.1, 0.15) is 21.6 Å². The molecule has 0 unspecified atom stereocenters. The summed E-state index contributed by atoms with van der Waals surface area (Å²) in [6.45, 7) is 1.46. The van der Waals surface area contributed by atoms with E-state index in [1.165, 1.54) is 4.68 Å². The van der Waals surface area contributed by atoms with Gasteiger partial charge in [-0.3, -0.25) is 14.3 Å². The number of benzene rings is 3. The third kappa shape index (κ3) is 5.33. The van der Waals surface area contributed by atoms with Crippen molar-refractivity contribution in [3.8, 4) is 11.4 Å². The number of anilines is 1. The summed E-state index contributed by atoms with van der Waals surface area (Å²) in [6, 6.07) is 25.3. The Morgan fingerprint density at radius 2 is 1.51 bits per heavy atom. The fourth-order valence-electron chi connectivity index (χ4n) is 3.59. The number of ether oxygens (including phenoxy) is 2. The number of nitrogens with zero attached hydrogens (tertiary/aromatic N) is 2. The highest BCUT2D eigenvalue weighted by Crippen LogP contribution is 2.20. The van der Waals surface area contributed by atoms with Gasteiger partial charge in [-0.05, 0) is 36.8 Å². The highest BCUT2D eigenvalue weighted by molar-refractivity contribution is 5.97. The Hall–Kier alpha value is -4.59. The summed E-state index contributed by atoms with van der Waals surface area (Å²) in [5, 5.41) is 2.58. The lowest BCUT2D eigenvalue weighted by Crippen LogP contribution is -2.26. The van der Waals surface area contributed by atoms with Gasteiger partial charge in [0.1, 0.15) is 23.6 Å². The van der Waals surface area contributed by atoms with Crippen LogP contribution in [0.3, 0.4) is 0 Å². The first-order chi connectivity index (χ1) is 17.0. The van der Waals surface area contributed by atoms with Crippen LogP contribution < -0.4 is 15.6 Å². The molecule has 3 aromatic carbocycles. The summed E-state index contributed by atoms with van der Waals surface area (Å²) >= 11 is 0. The summed E-state index contributed by atoms with van der Waals surface area (Å²) in [6.07, 6.45) is 0. The fourth-order valence-corrected chi connectivity index (χ4v) is 3.59. The summed E-state index contributed by atoms with van der Waals surface area (Å²) in [4.78, 5) is 38.1. The maximum atomic E-state index is 12.9. The van der Waals surface area contributed by atoms with Crippen LogP contribution in [-0.2, 0) is 23.2 Å². The standard InChI is InChI=1S/C27H25N3O5/c1-19-25(26(32)30(29(19)2)21-13-7-4-8-14-21)28-24(31)18-35-27(33)22-15-9-10-16-23(22)34-17-20-11-5-3-6-12-20/h3-16H,17-18H2,1-2H3,(H,28,31).